The summed E-state index contributed by atoms with van der Waals surface area (Å²) in [6.45, 7) is 2.12. The van der Waals surface area contributed by atoms with Crippen LogP contribution in [0.1, 0.15) is 32.6 Å². The summed E-state index contributed by atoms with van der Waals surface area (Å²) in [6.07, 6.45) is 3.92. The van der Waals surface area contributed by atoms with Crippen molar-refractivity contribution in [3.8, 4) is 0 Å². The molecule has 0 aliphatic carbocycles. The molecule has 1 amide bonds. The summed E-state index contributed by atoms with van der Waals surface area (Å²) in [7, 11) is -3.36. The molecule has 1 saturated heterocycles. The average Bonchev–Trinajstić information content (AvgIpc) is 2.34. The van der Waals surface area contributed by atoms with Crippen molar-refractivity contribution in [2.24, 2.45) is 0 Å². The molecule has 1 fully saturated rings. The van der Waals surface area contributed by atoms with Crippen LogP contribution < -0.4 is 5.32 Å². The van der Waals surface area contributed by atoms with Gasteiger partial charge in [0.05, 0.1) is 18.9 Å². The van der Waals surface area contributed by atoms with Crippen molar-refractivity contribution in [3.05, 3.63) is 0 Å². The summed E-state index contributed by atoms with van der Waals surface area (Å²) in [6, 6.07) is -0.935. The number of amides is 1. The largest absolute Gasteiger partial charge is 0.394 e. The van der Waals surface area contributed by atoms with Gasteiger partial charge in [-0.1, -0.05) is 13.3 Å². The molecule has 1 aliphatic rings. The van der Waals surface area contributed by atoms with Crippen LogP contribution in [0.25, 0.3) is 0 Å². The van der Waals surface area contributed by atoms with Crippen molar-refractivity contribution in [1.29, 1.82) is 0 Å². The van der Waals surface area contributed by atoms with Crippen molar-refractivity contribution < 1.29 is 18.3 Å². The van der Waals surface area contributed by atoms with Crippen molar-refractivity contribution >= 4 is 15.9 Å². The molecule has 0 saturated carbocycles. The average molecular weight is 278 g/mol. The predicted octanol–water partition coefficient (Wildman–Crippen LogP) is -0.312. The Kier molecular flexibility index (Phi) is 5.55. The number of sulfonamides is 1. The van der Waals surface area contributed by atoms with E-state index >= 15 is 0 Å². The second-order valence-corrected chi connectivity index (χ2v) is 6.62. The van der Waals surface area contributed by atoms with Crippen molar-refractivity contribution in [3.63, 3.8) is 0 Å². The zero-order valence-electron chi connectivity index (χ0n) is 10.9. The van der Waals surface area contributed by atoms with Crippen molar-refractivity contribution in [1.82, 2.24) is 9.62 Å². The number of aliphatic hydroxyl groups is 1. The third kappa shape index (κ3) is 3.93. The molecule has 6 nitrogen and oxygen atoms in total. The first-order chi connectivity index (χ1) is 8.40. The number of piperidine rings is 1. The van der Waals surface area contributed by atoms with Crippen LogP contribution in [0.15, 0.2) is 0 Å². The van der Waals surface area contributed by atoms with Crippen LogP contribution in [-0.2, 0) is 14.8 Å². The first-order valence-corrected chi connectivity index (χ1v) is 8.13. The van der Waals surface area contributed by atoms with E-state index in [1.807, 2.05) is 6.92 Å². The van der Waals surface area contributed by atoms with E-state index in [2.05, 4.69) is 5.32 Å². The lowest BCUT2D eigenvalue weighted by atomic mass is 10.0. The molecule has 0 bridgehead atoms. The van der Waals surface area contributed by atoms with E-state index in [9.17, 15) is 13.2 Å². The highest BCUT2D eigenvalue weighted by atomic mass is 32.2. The topological polar surface area (TPSA) is 86.7 Å². The SMILES string of the molecule is CC[C@@H](CO)NC(=O)C1CCCCN1S(C)(=O)=O. The molecule has 2 N–H and O–H groups in total. The Morgan fingerprint density at radius 2 is 2.17 bits per heavy atom. The van der Waals surface area contributed by atoms with Crippen LogP contribution in [0, 0.1) is 0 Å². The van der Waals surface area contributed by atoms with E-state index in [-0.39, 0.29) is 18.6 Å². The molecule has 7 heteroatoms. The van der Waals surface area contributed by atoms with Gasteiger partial charge < -0.3 is 10.4 Å². The Labute approximate surface area is 108 Å². The second-order valence-electron chi connectivity index (χ2n) is 4.68. The lowest BCUT2D eigenvalue weighted by molar-refractivity contribution is -0.126. The van der Waals surface area contributed by atoms with E-state index in [4.69, 9.17) is 5.11 Å². The zero-order chi connectivity index (χ0) is 13.8. The lowest BCUT2D eigenvalue weighted by Crippen LogP contribution is -2.53. The van der Waals surface area contributed by atoms with Gasteiger partial charge in [0.25, 0.3) is 0 Å². The summed E-state index contributed by atoms with van der Waals surface area (Å²) in [5.41, 5.74) is 0. The standard InChI is InChI=1S/C11H22N2O4S/c1-3-9(8-14)12-11(15)10-6-4-5-7-13(10)18(2,16)17/h9-10,14H,3-8H2,1-2H3,(H,12,15)/t9-,10?/m0/s1. The van der Waals surface area contributed by atoms with Gasteiger partial charge in [-0.3, -0.25) is 4.79 Å². The highest BCUT2D eigenvalue weighted by Crippen LogP contribution is 2.20. The van der Waals surface area contributed by atoms with Crippen LogP contribution in [0.2, 0.25) is 0 Å². The van der Waals surface area contributed by atoms with E-state index in [0.717, 1.165) is 19.1 Å². The van der Waals surface area contributed by atoms with Crippen LogP contribution >= 0.6 is 0 Å². The molecule has 0 spiro atoms. The minimum atomic E-state index is -3.36. The molecule has 0 aromatic heterocycles. The monoisotopic (exact) mass is 278 g/mol. The summed E-state index contributed by atoms with van der Waals surface area (Å²) < 4.78 is 24.5. The van der Waals surface area contributed by atoms with Crippen molar-refractivity contribution in [2.75, 3.05) is 19.4 Å². The smallest absolute Gasteiger partial charge is 0.238 e. The maximum absolute atomic E-state index is 12.1. The van der Waals surface area contributed by atoms with E-state index in [0.29, 0.717) is 19.4 Å². The molecule has 0 aromatic rings. The molecule has 0 radical (unpaired) electrons. The number of hydrogen-bond acceptors (Lipinski definition) is 4. The molecular weight excluding hydrogens is 256 g/mol. The number of carbonyl (C=O) groups excluding carboxylic acids is 1. The van der Waals surface area contributed by atoms with Gasteiger partial charge in [-0.2, -0.15) is 4.31 Å². The molecule has 1 unspecified atom stereocenters. The van der Waals surface area contributed by atoms with Crippen LogP contribution in [0.3, 0.4) is 0 Å². The Morgan fingerprint density at radius 1 is 1.50 bits per heavy atom. The number of aliphatic hydroxyl groups excluding tert-OH is 1. The Balaban J connectivity index is 2.75. The summed E-state index contributed by atoms with van der Waals surface area (Å²) in [5, 5.41) is 11.7. The predicted molar refractivity (Wildman–Crippen MR) is 68.5 cm³/mol. The minimum absolute atomic E-state index is 0.131. The first-order valence-electron chi connectivity index (χ1n) is 6.28. The number of hydrogen-bond donors (Lipinski definition) is 2. The van der Waals surface area contributed by atoms with Gasteiger partial charge in [-0.15, -0.1) is 0 Å². The summed E-state index contributed by atoms with van der Waals surface area (Å²) >= 11 is 0. The molecule has 0 aromatic carbocycles. The third-order valence-corrected chi connectivity index (χ3v) is 4.53. The first kappa shape index (κ1) is 15.4. The normalized spacial score (nSPS) is 23.6. The fourth-order valence-corrected chi connectivity index (χ4v) is 3.26. The molecule has 106 valence electrons. The number of carbonyl (C=O) groups is 1. The fourth-order valence-electron chi connectivity index (χ4n) is 2.14. The second kappa shape index (κ2) is 6.49. The summed E-state index contributed by atoms with van der Waals surface area (Å²) in [5.74, 6) is -0.305. The quantitative estimate of drug-likeness (QED) is 0.722. The van der Waals surface area contributed by atoms with Crippen LogP contribution in [0.4, 0.5) is 0 Å². The number of nitrogens with zero attached hydrogens (tertiary/aromatic N) is 1. The highest BCUT2D eigenvalue weighted by molar-refractivity contribution is 7.88. The zero-order valence-corrected chi connectivity index (χ0v) is 11.7. The fraction of sp³-hybridized carbons (Fsp3) is 0.909. The molecule has 1 rings (SSSR count). The number of rotatable bonds is 5. The summed E-state index contributed by atoms with van der Waals surface area (Å²) in [4.78, 5) is 12.1. The molecule has 2 atom stereocenters. The highest BCUT2D eigenvalue weighted by Gasteiger charge is 2.34. The lowest BCUT2D eigenvalue weighted by Gasteiger charge is -2.33. The van der Waals surface area contributed by atoms with Gasteiger partial charge in [-0.25, -0.2) is 8.42 Å². The minimum Gasteiger partial charge on any atom is -0.394 e. The van der Waals surface area contributed by atoms with E-state index in [1.54, 1.807) is 0 Å². The third-order valence-electron chi connectivity index (χ3n) is 3.24. The Morgan fingerprint density at radius 3 is 2.67 bits per heavy atom. The Bertz CT molecular complexity index is 379. The van der Waals surface area contributed by atoms with Gasteiger partial charge in [0, 0.05) is 6.54 Å². The van der Waals surface area contributed by atoms with Gasteiger partial charge in [0.2, 0.25) is 15.9 Å². The maximum atomic E-state index is 12.1. The van der Waals surface area contributed by atoms with E-state index < -0.39 is 16.1 Å². The van der Waals surface area contributed by atoms with Gasteiger partial charge in [0.15, 0.2) is 0 Å². The maximum Gasteiger partial charge on any atom is 0.238 e. The van der Waals surface area contributed by atoms with Gasteiger partial charge >= 0.3 is 0 Å². The Hall–Kier alpha value is -0.660. The van der Waals surface area contributed by atoms with Gasteiger partial charge in [0.1, 0.15) is 6.04 Å². The van der Waals surface area contributed by atoms with Crippen LogP contribution in [-0.4, -0.2) is 55.2 Å². The molecule has 18 heavy (non-hydrogen) atoms. The van der Waals surface area contributed by atoms with E-state index in [1.165, 1.54) is 4.31 Å². The molecular formula is C11H22N2O4S. The van der Waals surface area contributed by atoms with Gasteiger partial charge in [-0.05, 0) is 19.3 Å². The van der Waals surface area contributed by atoms with Crippen molar-refractivity contribution in [2.45, 2.75) is 44.7 Å². The van der Waals surface area contributed by atoms with Crippen LogP contribution in [0.5, 0.6) is 0 Å². The molecule has 1 heterocycles. The molecule has 1 aliphatic heterocycles. The number of nitrogens with one attached hydrogen (secondary N) is 1.